The van der Waals surface area contributed by atoms with Crippen molar-refractivity contribution in [2.75, 3.05) is 12.9 Å². The first-order chi connectivity index (χ1) is 9.31. The van der Waals surface area contributed by atoms with E-state index in [9.17, 15) is 8.42 Å². The van der Waals surface area contributed by atoms with Gasteiger partial charge in [0.15, 0.2) is 0 Å². The van der Waals surface area contributed by atoms with Crippen molar-refractivity contribution >= 4 is 33.3 Å². The van der Waals surface area contributed by atoms with Gasteiger partial charge in [-0.25, -0.2) is 4.98 Å². The molecule has 0 saturated heterocycles. The van der Waals surface area contributed by atoms with Crippen LogP contribution in [0, 0.1) is 0 Å². The van der Waals surface area contributed by atoms with Gasteiger partial charge in [-0.15, -0.1) is 0 Å². The summed E-state index contributed by atoms with van der Waals surface area (Å²) in [4.78, 5) is 3.94. The fraction of sp³-hybridized carbons (Fsp3) is 0.615. The fourth-order valence-electron chi connectivity index (χ4n) is 2.74. The summed E-state index contributed by atoms with van der Waals surface area (Å²) in [6, 6.07) is 3.51. The number of nitrogens with zero attached hydrogens (tertiary/aromatic N) is 1. The van der Waals surface area contributed by atoms with Crippen molar-refractivity contribution in [3.05, 3.63) is 28.0 Å². The van der Waals surface area contributed by atoms with E-state index in [4.69, 9.17) is 27.4 Å². The molecule has 1 heterocycles. The third kappa shape index (κ3) is 4.07. The SMILES string of the molecule is CS(=O)(=O)OCC1(c2cc(Cl)nc(Cl)c2)CCCCC1. The summed E-state index contributed by atoms with van der Waals surface area (Å²) < 4.78 is 27.7. The minimum Gasteiger partial charge on any atom is -0.269 e. The zero-order chi connectivity index (χ0) is 14.8. The van der Waals surface area contributed by atoms with E-state index in [0.717, 1.165) is 43.9 Å². The average molecular weight is 338 g/mol. The molecule has 0 bridgehead atoms. The highest BCUT2D eigenvalue weighted by Gasteiger charge is 2.36. The van der Waals surface area contributed by atoms with E-state index >= 15 is 0 Å². The lowest BCUT2D eigenvalue weighted by molar-refractivity contribution is 0.174. The maximum Gasteiger partial charge on any atom is 0.264 e. The topological polar surface area (TPSA) is 56.3 Å². The van der Waals surface area contributed by atoms with Gasteiger partial charge in [0.05, 0.1) is 12.9 Å². The van der Waals surface area contributed by atoms with Crippen LogP contribution in [-0.4, -0.2) is 26.3 Å². The molecule has 1 aliphatic carbocycles. The molecule has 0 atom stereocenters. The molecule has 2 rings (SSSR count). The van der Waals surface area contributed by atoms with E-state index in [1.807, 2.05) is 0 Å². The molecule has 0 spiro atoms. The van der Waals surface area contributed by atoms with Crippen LogP contribution in [0.4, 0.5) is 0 Å². The summed E-state index contributed by atoms with van der Waals surface area (Å²) >= 11 is 11.9. The van der Waals surface area contributed by atoms with Gasteiger partial charge in [0.2, 0.25) is 0 Å². The summed E-state index contributed by atoms with van der Waals surface area (Å²) in [5.74, 6) is 0. The molecule has 4 nitrogen and oxygen atoms in total. The van der Waals surface area contributed by atoms with Crippen LogP contribution >= 0.6 is 23.2 Å². The van der Waals surface area contributed by atoms with Crippen molar-refractivity contribution < 1.29 is 12.6 Å². The largest absolute Gasteiger partial charge is 0.269 e. The number of hydrogen-bond donors (Lipinski definition) is 0. The first-order valence-electron chi connectivity index (χ1n) is 6.49. The molecule has 1 aliphatic rings. The molecule has 0 unspecified atom stereocenters. The van der Waals surface area contributed by atoms with Crippen LogP contribution < -0.4 is 0 Å². The highest BCUT2D eigenvalue weighted by molar-refractivity contribution is 7.85. The molecule has 112 valence electrons. The van der Waals surface area contributed by atoms with Crippen molar-refractivity contribution in [2.45, 2.75) is 37.5 Å². The first kappa shape index (κ1) is 16.0. The van der Waals surface area contributed by atoms with Gasteiger partial charge >= 0.3 is 0 Å². The van der Waals surface area contributed by atoms with Gasteiger partial charge in [-0.2, -0.15) is 8.42 Å². The third-order valence-corrected chi connectivity index (χ3v) is 4.67. The monoisotopic (exact) mass is 337 g/mol. The van der Waals surface area contributed by atoms with E-state index in [2.05, 4.69) is 4.98 Å². The summed E-state index contributed by atoms with van der Waals surface area (Å²) in [6.45, 7) is 0.127. The van der Waals surface area contributed by atoms with E-state index in [-0.39, 0.29) is 12.0 Å². The molecular formula is C13H17Cl2NO3S. The quantitative estimate of drug-likeness (QED) is 0.622. The summed E-state index contributed by atoms with van der Waals surface area (Å²) in [5, 5.41) is 0.633. The van der Waals surface area contributed by atoms with Crippen molar-refractivity contribution in [1.29, 1.82) is 0 Å². The molecule has 0 aromatic carbocycles. The molecule has 20 heavy (non-hydrogen) atoms. The van der Waals surface area contributed by atoms with E-state index in [1.54, 1.807) is 12.1 Å². The van der Waals surface area contributed by atoms with Gasteiger partial charge in [-0.3, -0.25) is 4.18 Å². The number of aromatic nitrogens is 1. The maximum absolute atomic E-state index is 11.3. The van der Waals surface area contributed by atoms with Gasteiger partial charge in [0.25, 0.3) is 10.1 Å². The van der Waals surface area contributed by atoms with Crippen LogP contribution in [-0.2, 0) is 19.7 Å². The molecule has 0 amide bonds. The standard InChI is InChI=1S/C13H17Cl2NO3S/c1-20(17,18)19-9-13(5-3-2-4-6-13)10-7-11(14)16-12(15)8-10/h7-8H,2-6,9H2,1H3. The number of pyridine rings is 1. The van der Waals surface area contributed by atoms with Gasteiger partial charge in [0, 0.05) is 5.41 Å². The van der Waals surface area contributed by atoms with E-state index in [0.29, 0.717) is 10.3 Å². The predicted octanol–water partition coefficient (Wildman–Crippen LogP) is 3.57. The Kier molecular flexibility index (Phi) is 4.95. The molecule has 1 saturated carbocycles. The van der Waals surface area contributed by atoms with Crippen LogP contribution in [0.1, 0.15) is 37.7 Å². The Morgan fingerprint density at radius 2 is 1.75 bits per heavy atom. The van der Waals surface area contributed by atoms with Crippen molar-refractivity contribution in [1.82, 2.24) is 4.98 Å². The highest BCUT2D eigenvalue weighted by Crippen LogP contribution is 2.41. The lowest BCUT2D eigenvalue weighted by Gasteiger charge is -2.37. The second kappa shape index (κ2) is 6.18. The Morgan fingerprint density at radius 1 is 1.20 bits per heavy atom. The van der Waals surface area contributed by atoms with Crippen LogP contribution in [0.5, 0.6) is 0 Å². The summed E-state index contributed by atoms with van der Waals surface area (Å²) in [6.07, 6.45) is 6.00. The average Bonchev–Trinajstić information content (AvgIpc) is 2.35. The minimum atomic E-state index is -3.47. The maximum atomic E-state index is 11.3. The Bertz CT molecular complexity index is 563. The number of rotatable bonds is 4. The molecule has 1 fully saturated rings. The third-order valence-electron chi connectivity index (χ3n) is 3.74. The van der Waals surface area contributed by atoms with Crippen molar-refractivity contribution in [3.63, 3.8) is 0 Å². The highest BCUT2D eigenvalue weighted by atomic mass is 35.5. The zero-order valence-corrected chi connectivity index (χ0v) is 13.6. The number of halogens is 2. The Hall–Kier alpha value is -0.360. The second-order valence-corrected chi connectivity index (χ2v) is 7.73. The van der Waals surface area contributed by atoms with Crippen LogP contribution in [0.15, 0.2) is 12.1 Å². The van der Waals surface area contributed by atoms with Crippen molar-refractivity contribution in [3.8, 4) is 0 Å². The normalized spacial score (nSPS) is 18.9. The van der Waals surface area contributed by atoms with E-state index in [1.165, 1.54) is 0 Å². The van der Waals surface area contributed by atoms with E-state index < -0.39 is 10.1 Å². The smallest absolute Gasteiger partial charge is 0.264 e. The van der Waals surface area contributed by atoms with Crippen LogP contribution in [0.3, 0.4) is 0 Å². The van der Waals surface area contributed by atoms with Gasteiger partial charge < -0.3 is 0 Å². The molecule has 1 aromatic rings. The molecule has 7 heteroatoms. The van der Waals surface area contributed by atoms with Crippen molar-refractivity contribution in [2.24, 2.45) is 0 Å². The lowest BCUT2D eigenvalue weighted by atomic mass is 9.70. The van der Waals surface area contributed by atoms with Gasteiger partial charge in [-0.05, 0) is 30.5 Å². The van der Waals surface area contributed by atoms with Crippen LogP contribution in [0.2, 0.25) is 10.3 Å². The second-order valence-electron chi connectivity index (χ2n) is 5.31. The fourth-order valence-corrected chi connectivity index (χ4v) is 3.64. The van der Waals surface area contributed by atoms with Gasteiger partial charge in [0.1, 0.15) is 10.3 Å². The molecule has 0 N–H and O–H groups in total. The van der Waals surface area contributed by atoms with Gasteiger partial charge in [-0.1, -0.05) is 42.5 Å². The Morgan fingerprint density at radius 3 is 2.25 bits per heavy atom. The Balaban J connectivity index is 2.35. The summed E-state index contributed by atoms with van der Waals surface area (Å²) in [5.41, 5.74) is 0.559. The molecular weight excluding hydrogens is 321 g/mol. The molecule has 1 aromatic heterocycles. The summed E-state index contributed by atoms with van der Waals surface area (Å²) in [7, 11) is -3.47. The van der Waals surface area contributed by atoms with Crippen LogP contribution in [0.25, 0.3) is 0 Å². The molecule has 0 radical (unpaired) electrons. The first-order valence-corrected chi connectivity index (χ1v) is 9.06. The predicted molar refractivity (Wildman–Crippen MR) is 79.8 cm³/mol. The zero-order valence-electron chi connectivity index (χ0n) is 11.2. The number of hydrogen-bond acceptors (Lipinski definition) is 4. The minimum absolute atomic E-state index is 0.127. The Labute approximate surface area is 129 Å². The molecule has 0 aliphatic heterocycles. The lowest BCUT2D eigenvalue weighted by Crippen LogP contribution is -2.35.